The summed E-state index contributed by atoms with van der Waals surface area (Å²) in [6, 6.07) is 7.30. The van der Waals surface area contributed by atoms with Crippen LogP contribution in [-0.2, 0) is 11.2 Å². The van der Waals surface area contributed by atoms with Crippen LogP contribution in [0.25, 0.3) is 0 Å². The van der Waals surface area contributed by atoms with Crippen LogP contribution in [0.2, 0.25) is 0 Å². The Kier molecular flexibility index (Phi) is 4.63. The van der Waals surface area contributed by atoms with Crippen molar-refractivity contribution in [1.82, 2.24) is 0 Å². The minimum Gasteiger partial charge on any atom is -0.502 e. The lowest BCUT2D eigenvalue weighted by atomic mass is 10.0. The molecule has 2 N–H and O–H groups in total. The maximum Gasteiger partial charge on any atom is 0.371 e. The molecule has 22 heavy (non-hydrogen) atoms. The van der Waals surface area contributed by atoms with E-state index in [0.717, 1.165) is 11.3 Å². The first-order valence-electron chi connectivity index (χ1n) is 6.37. The molecular formula is C16H14O6. The highest BCUT2D eigenvalue weighted by Gasteiger charge is 2.15. The number of furan rings is 1. The number of aliphatic hydroxyl groups excluding tert-OH is 1. The summed E-state index contributed by atoms with van der Waals surface area (Å²) in [5.74, 6) is -2.48. The number of carboxylic acids is 1. The third-order valence-corrected chi connectivity index (χ3v) is 3.05. The number of carbonyl (C=O) groups excluding carboxylic acids is 1. The monoisotopic (exact) mass is 302 g/mol. The van der Waals surface area contributed by atoms with Crippen molar-refractivity contribution < 1.29 is 29.0 Å². The fourth-order valence-corrected chi connectivity index (χ4v) is 1.90. The maximum absolute atomic E-state index is 12.0. The van der Waals surface area contributed by atoms with Crippen LogP contribution in [-0.4, -0.2) is 29.1 Å². The Bertz CT molecular complexity index is 708. The zero-order valence-corrected chi connectivity index (χ0v) is 11.8. The summed E-state index contributed by atoms with van der Waals surface area (Å²) in [5, 5.41) is 17.7. The van der Waals surface area contributed by atoms with Crippen LogP contribution in [0.4, 0.5) is 0 Å². The zero-order chi connectivity index (χ0) is 16.1. The number of aliphatic carboxylic acids is 1. The van der Waals surface area contributed by atoms with Crippen LogP contribution in [0.3, 0.4) is 0 Å². The molecular weight excluding hydrogens is 288 g/mol. The van der Waals surface area contributed by atoms with Crippen molar-refractivity contribution in [2.75, 3.05) is 7.11 Å². The standard InChI is InChI=1S/C16H14O6/c1-21-12-4-2-10(3-5-12)6-11-8-22-9-13(11)14(17)7-15(18)16(19)20/h2-5,7-9,18H,6H2,1H3,(H,19,20). The van der Waals surface area contributed by atoms with Gasteiger partial charge in [0.25, 0.3) is 0 Å². The molecule has 0 unspecified atom stereocenters. The number of hydrogen-bond acceptors (Lipinski definition) is 5. The lowest BCUT2D eigenvalue weighted by Gasteiger charge is -2.03. The van der Waals surface area contributed by atoms with Gasteiger partial charge in [0.15, 0.2) is 5.78 Å². The van der Waals surface area contributed by atoms with Gasteiger partial charge in [0, 0.05) is 18.1 Å². The van der Waals surface area contributed by atoms with Gasteiger partial charge in [-0.3, -0.25) is 4.79 Å². The molecule has 0 amide bonds. The van der Waals surface area contributed by atoms with Gasteiger partial charge in [0.1, 0.15) is 12.0 Å². The molecule has 0 aliphatic rings. The number of aliphatic hydroxyl groups is 1. The highest BCUT2D eigenvalue weighted by Crippen LogP contribution is 2.19. The number of hydrogen-bond donors (Lipinski definition) is 2. The highest BCUT2D eigenvalue weighted by atomic mass is 16.5. The summed E-state index contributed by atoms with van der Waals surface area (Å²) in [5.41, 5.74) is 1.75. The predicted molar refractivity (Wildman–Crippen MR) is 77.2 cm³/mol. The molecule has 6 nitrogen and oxygen atoms in total. The maximum atomic E-state index is 12.0. The van der Waals surface area contributed by atoms with Gasteiger partial charge < -0.3 is 19.4 Å². The molecule has 2 aromatic rings. The summed E-state index contributed by atoms with van der Waals surface area (Å²) in [6.07, 6.45) is 3.74. The molecule has 0 spiro atoms. The second-order valence-corrected chi connectivity index (χ2v) is 4.53. The minimum absolute atomic E-state index is 0.212. The third-order valence-electron chi connectivity index (χ3n) is 3.05. The molecule has 1 aromatic heterocycles. The summed E-state index contributed by atoms with van der Waals surface area (Å²) in [6.45, 7) is 0. The van der Waals surface area contributed by atoms with Crippen molar-refractivity contribution in [2.24, 2.45) is 0 Å². The van der Waals surface area contributed by atoms with Crippen molar-refractivity contribution in [2.45, 2.75) is 6.42 Å². The Morgan fingerprint density at radius 2 is 1.86 bits per heavy atom. The van der Waals surface area contributed by atoms with Gasteiger partial charge in [-0.2, -0.15) is 0 Å². The van der Waals surface area contributed by atoms with Gasteiger partial charge in [-0.1, -0.05) is 12.1 Å². The average molecular weight is 302 g/mol. The predicted octanol–water partition coefficient (Wildman–Crippen LogP) is 2.59. The van der Waals surface area contributed by atoms with Gasteiger partial charge in [-0.05, 0) is 17.7 Å². The topological polar surface area (TPSA) is 97.0 Å². The van der Waals surface area contributed by atoms with E-state index in [1.165, 1.54) is 12.5 Å². The first-order chi connectivity index (χ1) is 10.5. The Hall–Kier alpha value is -3.02. The largest absolute Gasteiger partial charge is 0.502 e. The summed E-state index contributed by atoms with van der Waals surface area (Å²) in [7, 11) is 1.57. The molecule has 114 valence electrons. The van der Waals surface area contributed by atoms with E-state index in [1.54, 1.807) is 19.2 Å². The smallest absolute Gasteiger partial charge is 0.371 e. The molecule has 0 radical (unpaired) electrons. The number of benzene rings is 1. The van der Waals surface area contributed by atoms with Crippen LogP contribution in [0.1, 0.15) is 21.5 Å². The SMILES string of the molecule is COc1ccc(Cc2cocc2C(=O)C=C(O)C(=O)O)cc1. The Balaban J connectivity index is 2.20. The van der Waals surface area contributed by atoms with Gasteiger partial charge in [0.05, 0.1) is 18.9 Å². The number of allylic oxidation sites excluding steroid dienone is 1. The second kappa shape index (κ2) is 6.62. The van der Waals surface area contributed by atoms with Crippen LogP contribution >= 0.6 is 0 Å². The number of methoxy groups -OCH3 is 1. The van der Waals surface area contributed by atoms with Gasteiger partial charge in [-0.25, -0.2) is 4.79 Å². The molecule has 1 aromatic carbocycles. The summed E-state index contributed by atoms with van der Waals surface area (Å²) < 4.78 is 10.1. The molecule has 0 saturated carbocycles. The normalized spacial score (nSPS) is 11.2. The Labute approximate surface area is 126 Å². The Morgan fingerprint density at radius 3 is 2.45 bits per heavy atom. The van der Waals surface area contributed by atoms with Crippen molar-refractivity contribution in [3.63, 3.8) is 0 Å². The summed E-state index contributed by atoms with van der Waals surface area (Å²) >= 11 is 0. The van der Waals surface area contributed by atoms with E-state index in [0.29, 0.717) is 18.1 Å². The first-order valence-corrected chi connectivity index (χ1v) is 6.37. The third kappa shape index (κ3) is 3.54. The van der Waals surface area contributed by atoms with Crippen molar-refractivity contribution in [3.8, 4) is 5.75 Å². The molecule has 0 fully saturated rings. The summed E-state index contributed by atoms with van der Waals surface area (Å²) in [4.78, 5) is 22.5. The molecule has 0 aliphatic carbocycles. The van der Waals surface area contributed by atoms with Crippen LogP contribution in [0.5, 0.6) is 5.75 Å². The van der Waals surface area contributed by atoms with E-state index in [2.05, 4.69) is 0 Å². The molecule has 0 bridgehead atoms. The van der Waals surface area contributed by atoms with Gasteiger partial charge in [-0.15, -0.1) is 0 Å². The van der Waals surface area contributed by atoms with E-state index in [9.17, 15) is 9.59 Å². The van der Waals surface area contributed by atoms with E-state index in [-0.39, 0.29) is 5.56 Å². The van der Waals surface area contributed by atoms with Crippen LogP contribution in [0.15, 0.2) is 53.0 Å². The zero-order valence-electron chi connectivity index (χ0n) is 11.8. The van der Waals surface area contributed by atoms with Crippen molar-refractivity contribution in [1.29, 1.82) is 0 Å². The highest BCUT2D eigenvalue weighted by molar-refractivity contribution is 6.08. The minimum atomic E-state index is -1.56. The lowest BCUT2D eigenvalue weighted by Crippen LogP contribution is -2.05. The van der Waals surface area contributed by atoms with Crippen LogP contribution < -0.4 is 4.74 Å². The Morgan fingerprint density at radius 1 is 1.18 bits per heavy atom. The number of carbonyl (C=O) groups is 2. The van der Waals surface area contributed by atoms with Crippen molar-refractivity contribution in [3.05, 3.63) is 65.3 Å². The first kappa shape index (κ1) is 15.4. The van der Waals surface area contributed by atoms with E-state index >= 15 is 0 Å². The molecule has 1 heterocycles. The number of rotatable bonds is 6. The average Bonchev–Trinajstić information content (AvgIpc) is 2.96. The van der Waals surface area contributed by atoms with E-state index in [1.807, 2.05) is 12.1 Å². The molecule has 0 atom stereocenters. The quantitative estimate of drug-likeness (QED) is 0.483. The lowest BCUT2D eigenvalue weighted by molar-refractivity contribution is -0.135. The molecule has 6 heteroatoms. The fourth-order valence-electron chi connectivity index (χ4n) is 1.90. The van der Waals surface area contributed by atoms with Gasteiger partial charge >= 0.3 is 5.97 Å². The number of ketones is 1. The number of carboxylic acid groups (broad SMARTS) is 1. The van der Waals surface area contributed by atoms with E-state index < -0.39 is 17.5 Å². The van der Waals surface area contributed by atoms with Crippen molar-refractivity contribution >= 4 is 11.8 Å². The molecule has 0 saturated heterocycles. The van der Waals surface area contributed by atoms with Gasteiger partial charge in [0.2, 0.25) is 5.76 Å². The second-order valence-electron chi connectivity index (χ2n) is 4.53. The number of ether oxygens (including phenoxy) is 1. The van der Waals surface area contributed by atoms with Crippen LogP contribution in [0, 0.1) is 0 Å². The fraction of sp³-hybridized carbons (Fsp3) is 0.125. The molecule has 0 aliphatic heterocycles. The molecule has 2 rings (SSSR count). The van der Waals surface area contributed by atoms with E-state index in [4.69, 9.17) is 19.4 Å².